The lowest BCUT2D eigenvalue weighted by Gasteiger charge is -2.21. The number of nitriles is 1. The first-order valence-electron chi connectivity index (χ1n) is 7.67. The number of rotatable bonds is 4. The maximum Gasteiger partial charge on any atom is 0.255 e. The van der Waals surface area contributed by atoms with Gasteiger partial charge in [-0.2, -0.15) is 5.26 Å². The Kier molecular flexibility index (Phi) is 5.71. The number of amides is 1. The van der Waals surface area contributed by atoms with Gasteiger partial charge in [0.1, 0.15) is 4.90 Å². The molecule has 8 heteroatoms. The molecule has 0 aliphatic heterocycles. The smallest absolute Gasteiger partial charge is 0.255 e. The molecule has 0 aliphatic carbocycles. The number of hydrogen-bond donors (Lipinski definition) is 2. The number of nitrogens with zero attached hydrogens (tertiary/aromatic N) is 1. The van der Waals surface area contributed by atoms with Crippen molar-refractivity contribution in [2.45, 2.75) is 31.2 Å². The van der Waals surface area contributed by atoms with E-state index in [1.165, 1.54) is 18.2 Å². The van der Waals surface area contributed by atoms with E-state index in [1.54, 1.807) is 45.0 Å². The van der Waals surface area contributed by atoms with E-state index in [0.29, 0.717) is 11.3 Å². The van der Waals surface area contributed by atoms with Crippen LogP contribution in [0.2, 0.25) is 5.02 Å². The van der Waals surface area contributed by atoms with Crippen LogP contribution in [0.4, 0.5) is 5.69 Å². The van der Waals surface area contributed by atoms with E-state index in [2.05, 4.69) is 10.0 Å². The third kappa shape index (κ3) is 5.05. The SMILES string of the molecule is CC(C)(C)NS(=O)(=O)c1cc(C(=O)Nc2ccc(C#N)cc2)ccc1Cl. The monoisotopic (exact) mass is 391 g/mol. The lowest BCUT2D eigenvalue weighted by atomic mass is 10.1. The zero-order chi connectivity index (χ0) is 19.5. The van der Waals surface area contributed by atoms with Gasteiger partial charge in [-0.15, -0.1) is 0 Å². The van der Waals surface area contributed by atoms with E-state index >= 15 is 0 Å². The van der Waals surface area contributed by atoms with Crippen molar-refractivity contribution >= 4 is 33.2 Å². The number of carbonyl (C=O) groups excluding carboxylic acids is 1. The van der Waals surface area contributed by atoms with Crippen LogP contribution in [0.1, 0.15) is 36.7 Å². The molecule has 0 aliphatic rings. The number of anilines is 1. The van der Waals surface area contributed by atoms with Gasteiger partial charge in [-0.25, -0.2) is 13.1 Å². The third-order valence-electron chi connectivity index (χ3n) is 3.20. The molecule has 0 fully saturated rings. The molecule has 2 rings (SSSR count). The van der Waals surface area contributed by atoms with Crippen molar-refractivity contribution in [3.63, 3.8) is 0 Å². The van der Waals surface area contributed by atoms with Crippen LogP contribution in [-0.4, -0.2) is 19.9 Å². The second-order valence-electron chi connectivity index (χ2n) is 6.64. The Bertz CT molecular complexity index is 972. The zero-order valence-corrected chi connectivity index (χ0v) is 16.1. The molecule has 0 aromatic heterocycles. The number of nitrogens with one attached hydrogen (secondary N) is 2. The maximum absolute atomic E-state index is 12.5. The first kappa shape index (κ1) is 19.9. The Morgan fingerprint density at radius 1 is 1.12 bits per heavy atom. The molecule has 2 N–H and O–H groups in total. The summed E-state index contributed by atoms with van der Waals surface area (Å²) >= 11 is 6.03. The lowest BCUT2D eigenvalue weighted by Crippen LogP contribution is -2.40. The van der Waals surface area contributed by atoms with Crippen molar-refractivity contribution in [1.29, 1.82) is 5.26 Å². The molecule has 0 saturated carbocycles. The average Bonchev–Trinajstić information content (AvgIpc) is 2.53. The van der Waals surface area contributed by atoms with E-state index in [4.69, 9.17) is 16.9 Å². The summed E-state index contributed by atoms with van der Waals surface area (Å²) in [5.74, 6) is -0.487. The van der Waals surface area contributed by atoms with Gasteiger partial charge in [0.15, 0.2) is 0 Å². The second-order valence-corrected chi connectivity index (χ2v) is 8.70. The molecule has 2 aromatic carbocycles. The molecule has 6 nitrogen and oxygen atoms in total. The Labute approximate surface area is 157 Å². The van der Waals surface area contributed by atoms with Gasteiger partial charge in [-0.1, -0.05) is 11.6 Å². The highest BCUT2D eigenvalue weighted by molar-refractivity contribution is 7.89. The van der Waals surface area contributed by atoms with Crippen LogP contribution in [0.5, 0.6) is 0 Å². The normalized spacial score (nSPS) is 11.7. The van der Waals surface area contributed by atoms with Gasteiger partial charge in [-0.05, 0) is 63.2 Å². The molecule has 26 heavy (non-hydrogen) atoms. The highest BCUT2D eigenvalue weighted by Crippen LogP contribution is 2.24. The van der Waals surface area contributed by atoms with Gasteiger partial charge < -0.3 is 5.32 Å². The zero-order valence-electron chi connectivity index (χ0n) is 14.5. The van der Waals surface area contributed by atoms with Gasteiger partial charge in [0, 0.05) is 16.8 Å². The van der Waals surface area contributed by atoms with Crippen LogP contribution in [0.15, 0.2) is 47.4 Å². The van der Waals surface area contributed by atoms with E-state index in [1.807, 2.05) is 6.07 Å². The molecule has 0 atom stereocenters. The van der Waals surface area contributed by atoms with Crippen molar-refractivity contribution in [3.8, 4) is 6.07 Å². The Balaban J connectivity index is 2.30. The molecule has 136 valence electrons. The van der Waals surface area contributed by atoms with Crippen LogP contribution < -0.4 is 10.0 Å². The summed E-state index contributed by atoms with van der Waals surface area (Å²) in [6, 6.07) is 12.3. The van der Waals surface area contributed by atoms with Crippen LogP contribution in [0.25, 0.3) is 0 Å². The lowest BCUT2D eigenvalue weighted by molar-refractivity contribution is 0.102. The van der Waals surface area contributed by atoms with Crippen LogP contribution in [0, 0.1) is 11.3 Å². The van der Waals surface area contributed by atoms with Crippen molar-refractivity contribution < 1.29 is 13.2 Å². The minimum atomic E-state index is -3.88. The van der Waals surface area contributed by atoms with Crippen LogP contribution >= 0.6 is 11.6 Å². The van der Waals surface area contributed by atoms with Crippen molar-refractivity contribution in [2.24, 2.45) is 0 Å². The number of sulfonamides is 1. The van der Waals surface area contributed by atoms with Crippen LogP contribution in [0.3, 0.4) is 0 Å². The van der Waals surface area contributed by atoms with E-state index in [9.17, 15) is 13.2 Å². The molecule has 0 bridgehead atoms. The van der Waals surface area contributed by atoms with E-state index < -0.39 is 21.5 Å². The number of halogens is 1. The van der Waals surface area contributed by atoms with Gasteiger partial charge in [0.25, 0.3) is 5.91 Å². The predicted octanol–water partition coefficient (Wildman–Crippen LogP) is 3.54. The van der Waals surface area contributed by atoms with Crippen molar-refractivity contribution in [2.75, 3.05) is 5.32 Å². The van der Waals surface area contributed by atoms with Crippen molar-refractivity contribution in [1.82, 2.24) is 4.72 Å². The summed E-state index contributed by atoms with van der Waals surface area (Å²) in [6.45, 7) is 5.12. The van der Waals surface area contributed by atoms with Crippen LogP contribution in [-0.2, 0) is 10.0 Å². The fourth-order valence-corrected chi connectivity index (χ4v) is 4.09. The average molecular weight is 392 g/mol. The molecule has 0 unspecified atom stereocenters. The summed E-state index contributed by atoms with van der Waals surface area (Å²) in [5.41, 5.74) is 0.411. The molecule has 2 aromatic rings. The highest BCUT2D eigenvalue weighted by Gasteiger charge is 2.25. The minimum absolute atomic E-state index is 0.0247. The molecule has 1 amide bonds. The number of hydrogen-bond acceptors (Lipinski definition) is 4. The maximum atomic E-state index is 12.5. The van der Waals surface area contributed by atoms with Gasteiger partial charge in [0.2, 0.25) is 10.0 Å². The topological polar surface area (TPSA) is 99.1 Å². The quantitative estimate of drug-likeness (QED) is 0.832. The molecule has 0 heterocycles. The summed E-state index contributed by atoms with van der Waals surface area (Å²) in [4.78, 5) is 12.2. The summed E-state index contributed by atoms with van der Waals surface area (Å²) in [6.07, 6.45) is 0. The largest absolute Gasteiger partial charge is 0.322 e. The molecule has 0 spiro atoms. The van der Waals surface area contributed by atoms with Gasteiger partial charge in [0.05, 0.1) is 16.7 Å². The van der Waals surface area contributed by atoms with E-state index in [0.717, 1.165) is 0 Å². The van der Waals surface area contributed by atoms with E-state index in [-0.39, 0.29) is 15.5 Å². The predicted molar refractivity (Wildman–Crippen MR) is 101 cm³/mol. The highest BCUT2D eigenvalue weighted by atomic mass is 35.5. The first-order valence-corrected chi connectivity index (χ1v) is 9.53. The molecular formula is C18H18ClN3O3S. The Morgan fingerprint density at radius 3 is 2.27 bits per heavy atom. The summed E-state index contributed by atoms with van der Waals surface area (Å²) in [7, 11) is -3.88. The van der Waals surface area contributed by atoms with Crippen molar-refractivity contribution in [3.05, 3.63) is 58.6 Å². The number of carbonyl (C=O) groups is 1. The minimum Gasteiger partial charge on any atom is -0.322 e. The fourth-order valence-electron chi connectivity index (χ4n) is 2.14. The van der Waals surface area contributed by atoms with Gasteiger partial charge in [-0.3, -0.25) is 4.79 Å². The first-order chi connectivity index (χ1) is 12.0. The Hall–Kier alpha value is -2.40. The Morgan fingerprint density at radius 2 is 1.73 bits per heavy atom. The summed E-state index contributed by atoms with van der Waals surface area (Å²) < 4.78 is 27.5. The van der Waals surface area contributed by atoms with Gasteiger partial charge >= 0.3 is 0 Å². The summed E-state index contributed by atoms with van der Waals surface area (Å²) in [5, 5.41) is 11.5. The molecule has 0 saturated heterocycles. The molecule has 0 radical (unpaired) electrons. The molecular weight excluding hydrogens is 374 g/mol. The fraction of sp³-hybridized carbons (Fsp3) is 0.222. The second kappa shape index (κ2) is 7.46. The third-order valence-corrected chi connectivity index (χ3v) is 5.43. The number of benzene rings is 2. The standard InChI is InChI=1S/C18H18ClN3O3S/c1-18(2,3)22-26(24,25)16-10-13(6-9-15(16)19)17(23)21-14-7-4-12(11-20)5-8-14/h4-10,22H,1-3H3,(H,21,23).